The highest BCUT2D eigenvalue weighted by Crippen LogP contribution is 2.27. The molecule has 6 rings (SSSR count). The predicted octanol–water partition coefficient (Wildman–Crippen LogP) is 3.90. The molecule has 0 radical (unpaired) electrons. The van der Waals surface area contributed by atoms with Gasteiger partial charge in [0.15, 0.2) is 0 Å². The third-order valence-electron chi connectivity index (χ3n) is 11.3. The Morgan fingerprint density at radius 1 is 0.643 bits per heavy atom. The van der Waals surface area contributed by atoms with Crippen molar-refractivity contribution < 1.29 is 43.3 Å². The highest BCUT2D eigenvalue weighted by Gasteiger charge is 2.33. The number of rotatable bonds is 20. The van der Waals surface area contributed by atoms with Crippen molar-refractivity contribution >= 4 is 23.8 Å². The van der Waals surface area contributed by atoms with Crippen molar-refractivity contribution in [3.63, 3.8) is 0 Å². The molecule has 0 bridgehead atoms. The van der Waals surface area contributed by atoms with Gasteiger partial charge in [-0.3, -0.25) is 19.2 Å². The second-order valence-electron chi connectivity index (χ2n) is 15.2. The average molecular weight is 772 g/mol. The summed E-state index contributed by atoms with van der Waals surface area (Å²) in [6.45, 7) is 3.80. The van der Waals surface area contributed by atoms with E-state index in [-0.39, 0.29) is 69.0 Å². The van der Waals surface area contributed by atoms with Crippen molar-refractivity contribution in [1.29, 1.82) is 0 Å². The van der Waals surface area contributed by atoms with Crippen LogP contribution in [0.3, 0.4) is 0 Å². The van der Waals surface area contributed by atoms with Gasteiger partial charge in [0.2, 0.25) is 5.91 Å². The fraction of sp³-hybridized carbons (Fsp3) is 0.500. The van der Waals surface area contributed by atoms with Crippen LogP contribution in [-0.4, -0.2) is 96.5 Å². The van der Waals surface area contributed by atoms with Gasteiger partial charge in [0, 0.05) is 10.7 Å². The SMILES string of the molecule is [2H][C@@](Cc1cccc(CC(=O)N(CCOc2cccc(C[C@]([2H])(C(=O)O)[C@H]3CCNC3)c2)Cc2cccc(C[C@]([2H])(C(=O)O)[C@H]3CCNC3)c2)c1)(C(=O)O)[C@H]1CCNC1. The van der Waals surface area contributed by atoms with Crippen LogP contribution in [0.2, 0.25) is 0 Å². The van der Waals surface area contributed by atoms with Crippen LogP contribution in [0.25, 0.3) is 0 Å². The van der Waals surface area contributed by atoms with Gasteiger partial charge in [0.1, 0.15) is 12.4 Å². The van der Waals surface area contributed by atoms with Crippen LogP contribution in [0.15, 0.2) is 72.8 Å². The molecule has 0 unspecified atom stereocenters. The van der Waals surface area contributed by atoms with E-state index in [9.17, 15) is 34.5 Å². The molecule has 12 heteroatoms. The summed E-state index contributed by atoms with van der Waals surface area (Å²) >= 11 is 0. The maximum atomic E-state index is 14.2. The lowest BCUT2D eigenvalue weighted by Crippen LogP contribution is -2.35. The second kappa shape index (κ2) is 19.9. The number of nitrogens with zero attached hydrogens (tertiary/aromatic N) is 1. The summed E-state index contributed by atoms with van der Waals surface area (Å²) in [5.74, 6) is -9.43. The molecule has 3 aliphatic rings. The molecule has 3 saturated heterocycles. The van der Waals surface area contributed by atoms with Crippen molar-refractivity contribution in [3.05, 3.63) is 101 Å². The third kappa shape index (κ3) is 11.4. The van der Waals surface area contributed by atoms with E-state index in [4.69, 9.17) is 8.85 Å². The van der Waals surface area contributed by atoms with Gasteiger partial charge in [-0.2, -0.15) is 0 Å². The number of ether oxygens (including phenoxy) is 1. The molecule has 300 valence electrons. The van der Waals surface area contributed by atoms with Crippen molar-refractivity contribution in [1.82, 2.24) is 20.9 Å². The van der Waals surface area contributed by atoms with Gasteiger partial charge in [-0.25, -0.2) is 0 Å². The Morgan fingerprint density at radius 3 is 1.54 bits per heavy atom. The van der Waals surface area contributed by atoms with Crippen LogP contribution in [0.5, 0.6) is 5.75 Å². The fourth-order valence-corrected chi connectivity index (χ4v) is 8.20. The summed E-state index contributed by atoms with van der Waals surface area (Å²) in [6, 6.07) is 21.4. The molecule has 3 heterocycles. The van der Waals surface area contributed by atoms with Crippen LogP contribution >= 0.6 is 0 Å². The Kier molecular flexibility index (Phi) is 13.1. The van der Waals surface area contributed by atoms with Gasteiger partial charge in [-0.05, 0) is 135 Å². The van der Waals surface area contributed by atoms with Crippen molar-refractivity contribution in [2.24, 2.45) is 35.4 Å². The van der Waals surface area contributed by atoms with E-state index in [1.165, 1.54) is 0 Å². The molecule has 6 atom stereocenters. The number of amides is 1. The Morgan fingerprint density at radius 2 is 1.07 bits per heavy atom. The minimum Gasteiger partial charge on any atom is -0.492 e. The van der Waals surface area contributed by atoms with Crippen molar-refractivity contribution in [2.75, 3.05) is 52.4 Å². The summed E-state index contributed by atoms with van der Waals surface area (Å²) in [5.41, 5.74) is 3.39. The molecule has 6 N–H and O–H groups in total. The molecule has 1 amide bonds. The second-order valence-corrected chi connectivity index (χ2v) is 15.2. The summed E-state index contributed by atoms with van der Waals surface area (Å²) in [5, 5.41) is 39.7. The first-order valence-electron chi connectivity index (χ1n) is 21.2. The van der Waals surface area contributed by atoms with E-state index in [2.05, 4.69) is 16.0 Å². The number of aliphatic carboxylic acids is 3. The van der Waals surface area contributed by atoms with E-state index < -0.39 is 35.6 Å². The zero-order valence-corrected chi connectivity index (χ0v) is 31.8. The molecule has 3 aliphatic heterocycles. The molecule has 3 fully saturated rings. The van der Waals surface area contributed by atoms with Crippen LogP contribution in [0.4, 0.5) is 0 Å². The fourth-order valence-electron chi connectivity index (χ4n) is 8.20. The van der Waals surface area contributed by atoms with Gasteiger partial charge < -0.3 is 40.9 Å². The lowest BCUT2D eigenvalue weighted by Gasteiger charge is -2.24. The van der Waals surface area contributed by atoms with E-state index in [1.807, 2.05) is 12.1 Å². The van der Waals surface area contributed by atoms with Gasteiger partial charge in [0.05, 0.1) is 30.6 Å². The van der Waals surface area contributed by atoms with Crippen molar-refractivity contribution in [3.8, 4) is 5.75 Å². The number of carboxylic acid groups (broad SMARTS) is 3. The number of carbonyl (C=O) groups excluding carboxylic acids is 1. The standard InChI is InChI=1S/C44H56N4O8/c49-41(24-31-6-1-4-29(18-31)21-38(42(50)51)34-10-13-45-25-34)48(28-33-8-2-5-30(19-33)22-39(43(52)53)35-11-14-46-26-35)16-17-56-37-9-3-7-32(20-37)23-40(44(54)55)36-12-15-47-27-36/h1-9,18-20,34-36,38-40,45-47H,10-17,21-28H2,(H,50,51)(H,52,53)(H,54,55)/t34-,35-,36-,38-,39-,40-/m0/s1/i38D,39D,40D. The number of nitrogens with one attached hydrogen (secondary N) is 3. The van der Waals surface area contributed by atoms with E-state index in [0.717, 1.165) is 5.56 Å². The molecular formula is C44H56N4O8. The molecule has 12 nitrogen and oxygen atoms in total. The molecule has 0 aromatic heterocycles. The number of benzene rings is 3. The number of hydrogen-bond donors (Lipinski definition) is 6. The van der Waals surface area contributed by atoms with Crippen molar-refractivity contribution in [2.45, 2.75) is 51.5 Å². The Bertz CT molecular complexity index is 1970. The highest BCUT2D eigenvalue weighted by atomic mass is 16.5. The number of carboxylic acids is 3. The first-order valence-corrected chi connectivity index (χ1v) is 19.7. The largest absolute Gasteiger partial charge is 0.492 e. The quantitative estimate of drug-likeness (QED) is 0.0983. The number of carbonyl (C=O) groups is 4. The lowest BCUT2D eigenvalue weighted by atomic mass is 9.86. The molecule has 0 spiro atoms. The summed E-state index contributed by atoms with van der Waals surface area (Å²) in [7, 11) is 0. The lowest BCUT2D eigenvalue weighted by molar-refractivity contribution is -0.144. The Labute approximate surface area is 333 Å². The molecular weight excluding hydrogens is 713 g/mol. The zero-order chi connectivity index (χ0) is 42.2. The summed E-state index contributed by atoms with van der Waals surface area (Å²) in [6.07, 6.45) is 1.81. The normalized spacial score (nSPS) is 23.4. The van der Waals surface area contributed by atoms with Crippen LogP contribution in [-0.2, 0) is 51.4 Å². The van der Waals surface area contributed by atoms with Crippen LogP contribution in [0, 0.1) is 35.4 Å². The first-order chi connectivity index (χ1) is 28.2. The maximum absolute atomic E-state index is 14.2. The Hall–Kier alpha value is -4.78. The smallest absolute Gasteiger partial charge is 0.307 e. The Balaban J connectivity index is 1.19. The monoisotopic (exact) mass is 771 g/mol. The maximum Gasteiger partial charge on any atom is 0.307 e. The molecule has 3 aromatic rings. The van der Waals surface area contributed by atoms with Gasteiger partial charge in [-0.15, -0.1) is 0 Å². The molecule has 0 aliphatic carbocycles. The predicted molar refractivity (Wildman–Crippen MR) is 211 cm³/mol. The zero-order valence-electron chi connectivity index (χ0n) is 34.8. The minimum absolute atomic E-state index is 0.00375. The van der Waals surface area contributed by atoms with E-state index >= 15 is 0 Å². The third-order valence-corrected chi connectivity index (χ3v) is 11.3. The molecule has 56 heavy (non-hydrogen) atoms. The van der Waals surface area contributed by atoms with Gasteiger partial charge >= 0.3 is 17.9 Å². The van der Waals surface area contributed by atoms with Crippen LogP contribution in [0.1, 0.15) is 51.2 Å². The summed E-state index contributed by atoms with van der Waals surface area (Å²) in [4.78, 5) is 52.8. The molecule has 3 aromatic carbocycles. The topological polar surface area (TPSA) is 178 Å². The summed E-state index contributed by atoms with van der Waals surface area (Å²) < 4.78 is 32.9. The minimum atomic E-state index is -1.72. The molecule has 0 saturated carbocycles. The van der Waals surface area contributed by atoms with Gasteiger partial charge in [0.25, 0.3) is 0 Å². The van der Waals surface area contributed by atoms with E-state index in [1.54, 1.807) is 65.6 Å². The van der Waals surface area contributed by atoms with Crippen LogP contribution < -0.4 is 20.7 Å². The average Bonchev–Trinajstić information content (AvgIpc) is 4.03. The highest BCUT2D eigenvalue weighted by molar-refractivity contribution is 5.79. The van der Waals surface area contributed by atoms with E-state index in [0.29, 0.717) is 86.5 Å². The number of hydrogen-bond acceptors (Lipinski definition) is 8. The van der Waals surface area contributed by atoms with Gasteiger partial charge in [-0.1, -0.05) is 60.7 Å². The first kappa shape index (κ1) is 36.8.